The van der Waals surface area contributed by atoms with Gasteiger partial charge in [0.1, 0.15) is 0 Å². The summed E-state index contributed by atoms with van der Waals surface area (Å²) >= 11 is 0. The Morgan fingerprint density at radius 3 is 1.55 bits per heavy atom. The molecule has 0 bridgehead atoms. The molecule has 0 spiro atoms. The number of hydrogen-bond acceptors (Lipinski definition) is 2. The molecular formula is C42H26N2. The number of aromatic nitrogens is 2. The summed E-state index contributed by atoms with van der Waals surface area (Å²) in [5.74, 6) is 0. The van der Waals surface area contributed by atoms with Crippen LogP contribution in [0, 0.1) is 0 Å². The van der Waals surface area contributed by atoms with Crippen molar-refractivity contribution in [1.29, 1.82) is 0 Å². The van der Waals surface area contributed by atoms with Gasteiger partial charge in [0.2, 0.25) is 0 Å². The standard InChI is InChI=1S/C42H26N2/c1-2-7-34-26-44-40(24-33(34)6-1)30-17-13-28(14-18-30)38-25-37(27-11-15-29(16-12-27)39-10-3-4-23-43-39)35-21-19-31-8-5-9-32-20-22-36(38)42(35)41(31)32/h1-26H. The van der Waals surface area contributed by atoms with E-state index in [9.17, 15) is 0 Å². The fourth-order valence-corrected chi connectivity index (χ4v) is 6.72. The van der Waals surface area contributed by atoms with Gasteiger partial charge >= 0.3 is 0 Å². The zero-order valence-corrected chi connectivity index (χ0v) is 23.9. The highest BCUT2D eigenvalue weighted by Gasteiger charge is 2.17. The molecule has 7 aromatic carbocycles. The zero-order chi connectivity index (χ0) is 29.0. The lowest BCUT2D eigenvalue weighted by Gasteiger charge is -2.18. The molecule has 9 aromatic rings. The zero-order valence-electron chi connectivity index (χ0n) is 23.9. The molecule has 0 fully saturated rings. The van der Waals surface area contributed by atoms with Gasteiger partial charge in [0.25, 0.3) is 0 Å². The monoisotopic (exact) mass is 558 g/mol. The smallest absolute Gasteiger partial charge is 0.0708 e. The molecule has 9 rings (SSSR count). The second-order valence-electron chi connectivity index (χ2n) is 11.4. The van der Waals surface area contributed by atoms with Crippen LogP contribution in [0.1, 0.15) is 0 Å². The van der Waals surface area contributed by atoms with Gasteiger partial charge in [-0.15, -0.1) is 0 Å². The molecule has 0 unspecified atom stereocenters. The van der Waals surface area contributed by atoms with Crippen molar-refractivity contribution in [2.24, 2.45) is 0 Å². The maximum atomic E-state index is 4.76. The summed E-state index contributed by atoms with van der Waals surface area (Å²) in [6, 6.07) is 52.4. The second-order valence-corrected chi connectivity index (χ2v) is 11.4. The highest BCUT2D eigenvalue weighted by atomic mass is 14.7. The van der Waals surface area contributed by atoms with E-state index in [1.165, 1.54) is 60.0 Å². The van der Waals surface area contributed by atoms with Crippen molar-refractivity contribution in [1.82, 2.24) is 9.97 Å². The molecule has 0 saturated carbocycles. The van der Waals surface area contributed by atoms with Crippen molar-refractivity contribution in [3.8, 4) is 44.8 Å². The van der Waals surface area contributed by atoms with Crippen LogP contribution in [0.5, 0.6) is 0 Å². The van der Waals surface area contributed by atoms with E-state index in [4.69, 9.17) is 4.98 Å². The van der Waals surface area contributed by atoms with Crippen molar-refractivity contribution >= 4 is 43.1 Å². The molecular weight excluding hydrogens is 532 g/mol. The number of fused-ring (bicyclic) bond motifs is 1. The van der Waals surface area contributed by atoms with E-state index < -0.39 is 0 Å². The Morgan fingerprint density at radius 2 is 0.909 bits per heavy atom. The van der Waals surface area contributed by atoms with Gasteiger partial charge in [-0.25, -0.2) is 0 Å². The Morgan fingerprint density at radius 1 is 0.341 bits per heavy atom. The van der Waals surface area contributed by atoms with E-state index in [-0.39, 0.29) is 0 Å². The molecule has 0 saturated heterocycles. The first-order valence-electron chi connectivity index (χ1n) is 15.0. The summed E-state index contributed by atoms with van der Waals surface area (Å²) in [6.07, 6.45) is 3.81. The molecule has 0 N–H and O–H groups in total. The average Bonchev–Trinajstić information content (AvgIpc) is 3.11. The quantitative estimate of drug-likeness (QED) is 0.201. The van der Waals surface area contributed by atoms with E-state index in [0.717, 1.165) is 27.9 Å². The molecule has 2 nitrogen and oxygen atoms in total. The van der Waals surface area contributed by atoms with Crippen LogP contribution in [0.15, 0.2) is 158 Å². The third-order valence-corrected chi connectivity index (χ3v) is 8.92. The molecule has 2 aromatic heterocycles. The van der Waals surface area contributed by atoms with Gasteiger partial charge in [-0.3, -0.25) is 9.97 Å². The maximum absolute atomic E-state index is 4.76. The van der Waals surface area contributed by atoms with E-state index in [2.05, 4.69) is 138 Å². The summed E-state index contributed by atoms with van der Waals surface area (Å²) in [7, 11) is 0. The van der Waals surface area contributed by atoms with Crippen LogP contribution in [-0.4, -0.2) is 9.97 Å². The predicted molar refractivity (Wildman–Crippen MR) is 185 cm³/mol. The summed E-state index contributed by atoms with van der Waals surface area (Å²) in [6.45, 7) is 0. The van der Waals surface area contributed by atoms with Crippen LogP contribution in [0.3, 0.4) is 0 Å². The topological polar surface area (TPSA) is 25.8 Å². The molecule has 0 aliphatic carbocycles. The Kier molecular flexibility index (Phi) is 5.54. The number of hydrogen-bond donors (Lipinski definition) is 0. The molecule has 0 aliphatic rings. The van der Waals surface area contributed by atoms with Crippen molar-refractivity contribution in [2.75, 3.05) is 0 Å². The molecule has 2 heterocycles. The van der Waals surface area contributed by atoms with E-state index in [1.807, 2.05) is 24.5 Å². The molecule has 0 atom stereocenters. The summed E-state index contributed by atoms with van der Waals surface area (Å²) in [5.41, 5.74) is 9.05. The minimum Gasteiger partial charge on any atom is -0.256 e. The normalized spacial score (nSPS) is 11.6. The number of rotatable bonds is 4. The summed E-state index contributed by atoms with van der Waals surface area (Å²) in [5, 5.41) is 10.1. The minimum atomic E-state index is 0.983. The van der Waals surface area contributed by atoms with Gasteiger partial charge in [0, 0.05) is 28.9 Å². The summed E-state index contributed by atoms with van der Waals surface area (Å²) < 4.78 is 0. The molecule has 0 radical (unpaired) electrons. The van der Waals surface area contributed by atoms with Crippen LogP contribution < -0.4 is 0 Å². The largest absolute Gasteiger partial charge is 0.256 e. The third kappa shape index (κ3) is 3.96. The Bertz CT molecular complexity index is 2440. The first-order chi connectivity index (χ1) is 21.8. The maximum Gasteiger partial charge on any atom is 0.0708 e. The minimum absolute atomic E-state index is 0.983. The van der Waals surface area contributed by atoms with Gasteiger partial charge in [-0.05, 0) is 84.2 Å². The number of benzene rings is 7. The van der Waals surface area contributed by atoms with Crippen LogP contribution in [0.25, 0.3) is 87.9 Å². The van der Waals surface area contributed by atoms with Crippen LogP contribution in [-0.2, 0) is 0 Å². The average molecular weight is 559 g/mol. The third-order valence-electron chi connectivity index (χ3n) is 8.92. The molecule has 0 amide bonds. The van der Waals surface area contributed by atoms with Gasteiger partial charge in [-0.1, -0.05) is 121 Å². The van der Waals surface area contributed by atoms with Crippen molar-refractivity contribution in [2.45, 2.75) is 0 Å². The Labute approximate surface area is 255 Å². The lowest BCUT2D eigenvalue weighted by atomic mass is 9.85. The van der Waals surface area contributed by atoms with Crippen molar-refractivity contribution in [3.63, 3.8) is 0 Å². The van der Waals surface area contributed by atoms with Gasteiger partial charge in [0.05, 0.1) is 11.4 Å². The van der Waals surface area contributed by atoms with E-state index in [1.54, 1.807) is 0 Å². The first-order valence-corrected chi connectivity index (χ1v) is 15.0. The Hall–Kier alpha value is -5.86. The fourth-order valence-electron chi connectivity index (χ4n) is 6.72. The SMILES string of the molecule is c1ccc(-c2ccc(-c3cc(-c4ccc(-c5cc6ccccc6cn5)cc4)c4ccc5cccc6ccc3c4c65)cc2)nc1. The van der Waals surface area contributed by atoms with Crippen LogP contribution in [0.4, 0.5) is 0 Å². The Balaban J connectivity index is 1.23. The van der Waals surface area contributed by atoms with Crippen LogP contribution in [0.2, 0.25) is 0 Å². The van der Waals surface area contributed by atoms with Gasteiger partial charge in [-0.2, -0.15) is 0 Å². The molecule has 204 valence electrons. The lowest BCUT2D eigenvalue weighted by molar-refractivity contribution is 1.33. The van der Waals surface area contributed by atoms with Gasteiger partial charge < -0.3 is 0 Å². The number of pyridine rings is 2. The lowest BCUT2D eigenvalue weighted by Crippen LogP contribution is -1.91. The van der Waals surface area contributed by atoms with Crippen molar-refractivity contribution in [3.05, 3.63) is 158 Å². The van der Waals surface area contributed by atoms with E-state index in [0.29, 0.717) is 0 Å². The molecule has 2 heteroatoms. The second kappa shape index (κ2) is 9.86. The highest BCUT2D eigenvalue weighted by molar-refractivity contribution is 6.28. The van der Waals surface area contributed by atoms with Crippen molar-refractivity contribution < 1.29 is 0 Å². The molecule has 0 aliphatic heterocycles. The number of nitrogens with zero attached hydrogens (tertiary/aromatic N) is 2. The van der Waals surface area contributed by atoms with Gasteiger partial charge in [0.15, 0.2) is 0 Å². The summed E-state index contributed by atoms with van der Waals surface area (Å²) in [4.78, 5) is 9.31. The fraction of sp³-hybridized carbons (Fsp3) is 0. The predicted octanol–water partition coefficient (Wildman–Crippen LogP) is 11.2. The van der Waals surface area contributed by atoms with Crippen LogP contribution >= 0.6 is 0 Å². The molecule has 44 heavy (non-hydrogen) atoms. The highest BCUT2D eigenvalue weighted by Crippen LogP contribution is 2.44. The van der Waals surface area contributed by atoms with E-state index >= 15 is 0 Å². The first kappa shape index (κ1) is 24.7.